The van der Waals surface area contributed by atoms with E-state index in [1.54, 1.807) is 33.9 Å². The molecule has 0 aliphatic carbocycles. The molecule has 1 fully saturated rings. The third-order valence-corrected chi connectivity index (χ3v) is 7.73. The van der Waals surface area contributed by atoms with Crippen LogP contribution in [-0.4, -0.2) is 59.2 Å². The van der Waals surface area contributed by atoms with Crippen LogP contribution in [-0.2, 0) is 4.79 Å². The predicted octanol–water partition coefficient (Wildman–Crippen LogP) is 4.36. The zero-order valence-electron chi connectivity index (χ0n) is 16.9. The summed E-state index contributed by atoms with van der Waals surface area (Å²) in [5.41, 5.74) is 1.00. The Kier molecular flexibility index (Phi) is 6.04. The van der Waals surface area contributed by atoms with E-state index in [1.165, 1.54) is 4.88 Å². The van der Waals surface area contributed by atoms with Crippen molar-refractivity contribution in [1.29, 1.82) is 0 Å². The maximum atomic E-state index is 13.3. The number of hydrogen-bond donors (Lipinski definition) is 0. The lowest BCUT2D eigenvalue weighted by Gasteiger charge is -2.35. The Morgan fingerprint density at radius 2 is 1.87 bits per heavy atom. The molecule has 0 saturated carbocycles. The molecule has 2 aliphatic rings. The van der Waals surface area contributed by atoms with Gasteiger partial charge in [-0.25, -0.2) is 9.99 Å². The number of nitrogens with zero attached hydrogens (tertiary/aromatic N) is 5. The zero-order valence-corrected chi connectivity index (χ0v) is 19.2. The number of rotatable bonds is 5. The van der Waals surface area contributed by atoms with Gasteiger partial charge in [0.05, 0.1) is 28.2 Å². The monoisotopic (exact) mass is 471 g/mol. The van der Waals surface area contributed by atoms with Crippen LogP contribution in [0.15, 0.2) is 58.5 Å². The van der Waals surface area contributed by atoms with Gasteiger partial charge in [-0.1, -0.05) is 23.7 Å². The van der Waals surface area contributed by atoms with Gasteiger partial charge in [0.15, 0.2) is 0 Å². The molecule has 0 radical (unpaired) electrons. The molecule has 0 N–H and O–H groups in total. The lowest BCUT2D eigenvalue weighted by Crippen LogP contribution is -2.49. The van der Waals surface area contributed by atoms with E-state index in [1.807, 2.05) is 24.3 Å². The normalized spacial score (nSPS) is 19.6. The fraction of sp³-hybridized carbons (Fsp3) is 0.318. The Bertz CT molecular complexity index is 1040. The highest BCUT2D eigenvalue weighted by Crippen LogP contribution is 2.36. The molecule has 0 spiro atoms. The summed E-state index contributed by atoms with van der Waals surface area (Å²) < 4.78 is 0. The first-order chi connectivity index (χ1) is 15.2. The van der Waals surface area contributed by atoms with E-state index in [9.17, 15) is 4.79 Å². The van der Waals surface area contributed by atoms with Crippen LogP contribution in [0.5, 0.6) is 0 Å². The Balaban J connectivity index is 1.25. The van der Waals surface area contributed by atoms with Crippen LogP contribution < -0.4 is 4.90 Å². The first-order valence-electron chi connectivity index (χ1n) is 10.2. The van der Waals surface area contributed by atoms with Crippen LogP contribution in [0.2, 0.25) is 5.02 Å². The second kappa shape index (κ2) is 9.08. The van der Waals surface area contributed by atoms with Crippen molar-refractivity contribution in [2.75, 3.05) is 37.6 Å². The minimum atomic E-state index is -0.0100. The second-order valence-electron chi connectivity index (χ2n) is 7.60. The average Bonchev–Trinajstić information content (AvgIpc) is 3.56. The third kappa shape index (κ3) is 4.52. The van der Waals surface area contributed by atoms with Gasteiger partial charge in [0, 0.05) is 43.7 Å². The second-order valence-corrected chi connectivity index (χ2v) is 9.96. The number of thiophene rings is 2. The molecule has 1 unspecified atom stereocenters. The van der Waals surface area contributed by atoms with E-state index in [0.717, 1.165) is 49.0 Å². The molecule has 0 bridgehead atoms. The Morgan fingerprint density at radius 3 is 2.55 bits per heavy atom. The molecule has 0 aromatic carbocycles. The maximum Gasteiger partial charge on any atom is 0.257 e. The number of halogens is 1. The van der Waals surface area contributed by atoms with Gasteiger partial charge >= 0.3 is 0 Å². The van der Waals surface area contributed by atoms with E-state index in [2.05, 4.69) is 37.7 Å². The first-order valence-corrected chi connectivity index (χ1v) is 12.4. The van der Waals surface area contributed by atoms with Crippen molar-refractivity contribution in [3.05, 3.63) is 68.1 Å². The highest BCUT2D eigenvalue weighted by atomic mass is 35.5. The highest BCUT2D eigenvalue weighted by Gasteiger charge is 2.35. The van der Waals surface area contributed by atoms with Crippen LogP contribution in [0.25, 0.3) is 0 Å². The van der Waals surface area contributed by atoms with Gasteiger partial charge in [-0.2, -0.15) is 5.10 Å². The number of pyridine rings is 1. The summed E-state index contributed by atoms with van der Waals surface area (Å²) >= 11 is 9.30. The SMILES string of the molecule is O=C(CN1CCN(c2ccc(Cl)cn2)CC1)N1N=C(c2cccs2)CC1c1cccs1. The van der Waals surface area contributed by atoms with Crippen molar-refractivity contribution < 1.29 is 4.79 Å². The fourth-order valence-corrected chi connectivity index (χ4v) is 5.63. The first kappa shape index (κ1) is 20.6. The van der Waals surface area contributed by atoms with Crippen LogP contribution in [0.1, 0.15) is 22.2 Å². The molecule has 1 saturated heterocycles. The van der Waals surface area contributed by atoms with Crippen LogP contribution in [0, 0.1) is 0 Å². The molecule has 3 aromatic heterocycles. The lowest BCUT2D eigenvalue weighted by molar-refractivity contribution is -0.134. The highest BCUT2D eigenvalue weighted by molar-refractivity contribution is 7.12. The van der Waals surface area contributed by atoms with Crippen LogP contribution >= 0.6 is 34.3 Å². The molecule has 1 atom stereocenters. The van der Waals surface area contributed by atoms with E-state index in [0.29, 0.717) is 11.6 Å². The molecule has 6 nitrogen and oxygen atoms in total. The van der Waals surface area contributed by atoms with Gasteiger partial charge in [-0.3, -0.25) is 9.69 Å². The van der Waals surface area contributed by atoms with Gasteiger partial charge in [-0.05, 0) is 35.0 Å². The summed E-state index contributed by atoms with van der Waals surface area (Å²) in [5.74, 6) is 0.987. The number of carbonyl (C=O) groups excluding carboxylic acids is 1. The van der Waals surface area contributed by atoms with Crippen LogP contribution in [0.4, 0.5) is 5.82 Å². The summed E-state index contributed by atoms with van der Waals surface area (Å²) in [6.07, 6.45) is 2.44. The summed E-state index contributed by atoms with van der Waals surface area (Å²) in [4.78, 5) is 24.4. The number of hydrazone groups is 1. The molecule has 31 heavy (non-hydrogen) atoms. The van der Waals surface area contributed by atoms with Crippen molar-refractivity contribution in [1.82, 2.24) is 14.9 Å². The molecule has 5 rings (SSSR count). The molecular weight excluding hydrogens is 450 g/mol. The van der Waals surface area contributed by atoms with Crippen molar-refractivity contribution in [2.45, 2.75) is 12.5 Å². The van der Waals surface area contributed by atoms with Crippen molar-refractivity contribution in [2.24, 2.45) is 5.10 Å². The van der Waals surface area contributed by atoms with E-state index < -0.39 is 0 Å². The molecule has 5 heterocycles. The minimum absolute atomic E-state index is 0.0100. The molecular formula is C22H22ClN5OS2. The molecule has 160 valence electrons. The third-order valence-electron chi connectivity index (χ3n) is 5.61. The number of carbonyl (C=O) groups is 1. The van der Waals surface area contributed by atoms with Gasteiger partial charge in [0.1, 0.15) is 5.82 Å². The smallest absolute Gasteiger partial charge is 0.257 e. The average molecular weight is 472 g/mol. The van der Waals surface area contributed by atoms with Gasteiger partial charge in [0.25, 0.3) is 5.91 Å². The van der Waals surface area contributed by atoms with E-state index in [-0.39, 0.29) is 11.9 Å². The molecule has 9 heteroatoms. The Hall–Kier alpha value is -2.26. The van der Waals surface area contributed by atoms with Crippen molar-refractivity contribution >= 4 is 51.7 Å². The fourth-order valence-electron chi connectivity index (χ4n) is 3.99. The van der Waals surface area contributed by atoms with Crippen molar-refractivity contribution in [3.63, 3.8) is 0 Å². The number of anilines is 1. The summed E-state index contributed by atoms with van der Waals surface area (Å²) in [6, 6.07) is 12.0. The van der Waals surface area contributed by atoms with E-state index >= 15 is 0 Å². The predicted molar refractivity (Wildman–Crippen MR) is 127 cm³/mol. The number of aromatic nitrogens is 1. The molecule has 2 aliphatic heterocycles. The van der Waals surface area contributed by atoms with E-state index in [4.69, 9.17) is 16.7 Å². The molecule has 3 aromatic rings. The topological polar surface area (TPSA) is 52.0 Å². The lowest BCUT2D eigenvalue weighted by atomic mass is 10.1. The summed E-state index contributed by atoms with van der Waals surface area (Å²) in [6.45, 7) is 3.68. The summed E-state index contributed by atoms with van der Waals surface area (Å²) in [7, 11) is 0. The molecule has 1 amide bonds. The zero-order chi connectivity index (χ0) is 21.2. The van der Waals surface area contributed by atoms with Gasteiger partial charge in [-0.15, -0.1) is 22.7 Å². The standard InChI is InChI=1S/C22H22ClN5OS2/c23-16-5-6-21(24-14-16)27-9-7-26(8-10-27)15-22(29)28-18(20-4-2-12-31-20)13-17(25-28)19-3-1-11-30-19/h1-6,11-12,14,18H,7-10,13,15H2. The Morgan fingerprint density at radius 1 is 1.06 bits per heavy atom. The van der Waals surface area contributed by atoms with Gasteiger partial charge < -0.3 is 4.90 Å². The number of hydrogen-bond acceptors (Lipinski definition) is 7. The van der Waals surface area contributed by atoms with Crippen molar-refractivity contribution in [3.8, 4) is 0 Å². The Labute approximate surface area is 194 Å². The van der Waals surface area contributed by atoms with Gasteiger partial charge in [0.2, 0.25) is 0 Å². The van der Waals surface area contributed by atoms with Crippen LogP contribution in [0.3, 0.4) is 0 Å². The number of amides is 1. The number of piperazine rings is 1. The largest absolute Gasteiger partial charge is 0.354 e. The minimum Gasteiger partial charge on any atom is -0.354 e. The summed E-state index contributed by atoms with van der Waals surface area (Å²) in [5, 5.41) is 11.2. The quantitative estimate of drug-likeness (QED) is 0.555. The maximum absolute atomic E-state index is 13.3.